The van der Waals surface area contributed by atoms with E-state index in [0.29, 0.717) is 16.9 Å². The topological polar surface area (TPSA) is 78.8 Å². The lowest BCUT2D eigenvalue weighted by Crippen LogP contribution is -2.45. The molecule has 1 aliphatic carbocycles. The smallest absolute Gasteiger partial charge is 0.416 e. The Bertz CT molecular complexity index is 838. The van der Waals surface area contributed by atoms with Crippen molar-refractivity contribution in [1.29, 1.82) is 0 Å². The van der Waals surface area contributed by atoms with Crippen molar-refractivity contribution in [2.75, 3.05) is 7.11 Å². The lowest BCUT2D eigenvalue weighted by Gasteiger charge is -2.24. The number of hydrogen-bond donors (Lipinski definition) is 3. The molecule has 28 heavy (non-hydrogen) atoms. The Labute approximate surface area is 159 Å². The number of alkyl halides is 3. The number of rotatable bonds is 4. The first-order chi connectivity index (χ1) is 13.2. The summed E-state index contributed by atoms with van der Waals surface area (Å²) in [5, 5.41) is 23.0. The third-order valence-electron chi connectivity index (χ3n) is 4.99. The molecule has 0 aliphatic heterocycles. The standard InChI is InChI=1S/C20H20F3NO4/c1-28-14-4-2-3-12(9-14)19(27)24-17-15(10-16(25)18(17)26)11-5-7-13(8-6-11)20(21,22)23/h2-9,15-18,25-26H,10H2,1H3,(H,24,27). The molecule has 2 aromatic rings. The molecule has 5 nitrogen and oxygen atoms in total. The minimum Gasteiger partial charge on any atom is -0.497 e. The van der Waals surface area contributed by atoms with E-state index in [1.165, 1.54) is 25.3 Å². The van der Waals surface area contributed by atoms with E-state index < -0.39 is 41.8 Å². The number of carbonyl (C=O) groups is 1. The maximum absolute atomic E-state index is 12.8. The molecule has 3 N–H and O–H groups in total. The first-order valence-electron chi connectivity index (χ1n) is 8.69. The number of aliphatic hydroxyl groups is 2. The summed E-state index contributed by atoms with van der Waals surface area (Å²) in [6, 6.07) is 10.1. The molecule has 3 rings (SSSR count). The van der Waals surface area contributed by atoms with Gasteiger partial charge in [0.1, 0.15) is 11.9 Å². The van der Waals surface area contributed by atoms with E-state index in [9.17, 15) is 28.2 Å². The van der Waals surface area contributed by atoms with Crippen LogP contribution in [-0.2, 0) is 6.18 Å². The van der Waals surface area contributed by atoms with Crippen LogP contribution in [0.5, 0.6) is 5.75 Å². The van der Waals surface area contributed by atoms with Gasteiger partial charge in [0.25, 0.3) is 5.91 Å². The average Bonchev–Trinajstić information content (AvgIpc) is 2.96. The van der Waals surface area contributed by atoms with Crippen LogP contribution < -0.4 is 10.1 Å². The van der Waals surface area contributed by atoms with Crippen molar-refractivity contribution in [2.45, 2.75) is 36.8 Å². The zero-order valence-corrected chi connectivity index (χ0v) is 15.0. The zero-order valence-electron chi connectivity index (χ0n) is 15.0. The molecule has 8 heteroatoms. The normalized spacial score (nSPS) is 24.8. The monoisotopic (exact) mass is 395 g/mol. The second kappa shape index (κ2) is 7.81. The number of carbonyl (C=O) groups excluding carboxylic acids is 1. The molecule has 2 aromatic carbocycles. The second-order valence-electron chi connectivity index (χ2n) is 6.75. The van der Waals surface area contributed by atoms with Crippen LogP contribution in [0.2, 0.25) is 0 Å². The van der Waals surface area contributed by atoms with Crippen molar-refractivity contribution in [3.8, 4) is 5.75 Å². The number of methoxy groups -OCH3 is 1. The van der Waals surface area contributed by atoms with Gasteiger partial charge in [0, 0.05) is 11.5 Å². The Morgan fingerprint density at radius 1 is 1.14 bits per heavy atom. The van der Waals surface area contributed by atoms with Gasteiger partial charge < -0.3 is 20.3 Å². The fraction of sp³-hybridized carbons (Fsp3) is 0.350. The SMILES string of the molecule is COc1cccc(C(=O)NC2C(c3ccc(C(F)(F)F)cc3)CC(O)C2O)c1. The van der Waals surface area contributed by atoms with Crippen LogP contribution in [0.4, 0.5) is 13.2 Å². The van der Waals surface area contributed by atoms with Gasteiger partial charge in [0.15, 0.2) is 0 Å². The fourth-order valence-electron chi connectivity index (χ4n) is 3.47. The first-order valence-corrected chi connectivity index (χ1v) is 8.69. The van der Waals surface area contributed by atoms with Crippen LogP contribution in [0, 0.1) is 0 Å². The van der Waals surface area contributed by atoms with Gasteiger partial charge in [0.05, 0.1) is 24.8 Å². The minimum absolute atomic E-state index is 0.121. The van der Waals surface area contributed by atoms with E-state index in [4.69, 9.17) is 4.74 Å². The molecule has 0 bridgehead atoms. The van der Waals surface area contributed by atoms with Crippen LogP contribution in [0.3, 0.4) is 0 Å². The molecule has 4 unspecified atom stereocenters. The third kappa shape index (κ3) is 4.13. The number of benzene rings is 2. The summed E-state index contributed by atoms with van der Waals surface area (Å²) in [5.41, 5.74) is 0.0194. The van der Waals surface area contributed by atoms with E-state index in [2.05, 4.69) is 5.32 Å². The predicted molar refractivity (Wildman–Crippen MR) is 95.1 cm³/mol. The van der Waals surface area contributed by atoms with Crippen LogP contribution in [0.1, 0.15) is 33.8 Å². The highest BCUT2D eigenvalue weighted by molar-refractivity contribution is 5.94. The Morgan fingerprint density at radius 2 is 1.82 bits per heavy atom. The number of aliphatic hydroxyl groups excluding tert-OH is 2. The average molecular weight is 395 g/mol. The van der Waals surface area contributed by atoms with Crippen molar-refractivity contribution in [2.24, 2.45) is 0 Å². The van der Waals surface area contributed by atoms with E-state index in [1.807, 2.05) is 0 Å². The third-order valence-corrected chi connectivity index (χ3v) is 4.99. The van der Waals surface area contributed by atoms with Gasteiger partial charge >= 0.3 is 6.18 Å². The Balaban J connectivity index is 1.82. The molecule has 0 aromatic heterocycles. The molecule has 4 atom stereocenters. The number of ether oxygens (including phenoxy) is 1. The molecule has 150 valence electrons. The van der Waals surface area contributed by atoms with Crippen LogP contribution in [0.25, 0.3) is 0 Å². The molecule has 0 spiro atoms. The van der Waals surface area contributed by atoms with Gasteiger partial charge in [-0.2, -0.15) is 13.2 Å². The molecule has 1 saturated carbocycles. The quantitative estimate of drug-likeness (QED) is 0.744. The van der Waals surface area contributed by atoms with Gasteiger partial charge in [-0.3, -0.25) is 4.79 Å². The van der Waals surface area contributed by atoms with E-state index in [0.717, 1.165) is 12.1 Å². The largest absolute Gasteiger partial charge is 0.497 e. The maximum Gasteiger partial charge on any atom is 0.416 e. The van der Waals surface area contributed by atoms with Crippen molar-refractivity contribution < 1.29 is 32.9 Å². The van der Waals surface area contributed by atoms with E-state index in [1.54, 1.807) is 18.2 Å². The molecule has 1 aliphatic rings. The fourth-order valence-corrected chi connectivity index (χ4v) is 3.47. The molecule has 1 fully saturated rings. The van der Waals surface area contributed by atoms with E-state index >= 15 is 0 Å². The van der Waals surface area contributed by atoms with Crippen LogP contribution in [-0.4, -0.2) is 41.5 Å². The lowest BCUT2D eigenvalue weighted by atomic mass is 9.92. The summed E-state index contributed by atoms with van der Waals surface area (Å²) in [6.45, 7) is 0. The molecule has 0 saturated heterocycles. The van der Waals surface area contributed by atoms with E-state index in [-0.39, 0.29) is 6.42 Å². The second-order valence-corrected chi connectivity index (χ2v) is 6.75. The highest BCUT2D eigenvalue weighted by Gasteiger charge is 2.43. The van der Waals surface area contributed by atoms with Crippen LogP contribution in [0.15, 0.2) is 48.5 Å². The minimum atomic E-state index is -4.45. The molecular formula is C20H20F3NO4. The van der Waals surface area contributed by atoms with Gasteiger partial charge in [-0.05, 0) is 42.3 Å². The summed E-state index contributed by atoms with van der Waals surface area (Å²) in [5.74, 6) is -0.519. The summed E-state index contributed by atoms with van der Waals surface area (Å²) in [7, 11) is 1.47. The summed E-state index contributed by atoms with van der Waals surface area (Å²) in [6.07, 6.45) is -6.66. The van der Waals surface area contributed by atoms with Crippen molar-refractivity contribution >= 4 is 5.91 Å². The maximum atomic E-state index is 12.8. The summed E-state index contributed by atoms with van der Waals surface area (Å²) in [4.78, 5) is 12.6. The summed E-state index contributed by atoms with van der Waals surface area (Å²) < 4.78 is 43.4. The lowest BCUT2D eigenvalue weighted by molar-refractivity contribution is -0.137. The molecular weight excluding hydrogens is 375 g/mol. The number of amides is 1. The Kier molecular flexibility index (Phi) is 5.62. The van der Waals surface area contributed by atoms with Crippen molar-refractivity contribution in [3.63, 3.8) is 0 Å². The van der Waals surface area contributed by atoms with Gasteiger partial charge in [-0.15, -0.1) is 0 Å². The molecule has 0 radical (unpaired) electrons. The van der Waals surface area contributed by atoms with Crippen molar-refractivity contribution in [3.05, 3.63) is 65.2 Å². The first kappa shape index (κ1) is 20.2. The molecule has 0 heterocycles. The van der Waals surface area contributed by atoms with Crippen molar-refractivity contribution in [1.82, 2.24) is 5.32 Å². The predicted octanol–water partition coefficient (Wildman–Crippen LogP) is 2.72. The van der Waals surface area contributed by atoms with Crippen LogP contribution >= 0.6 is 0 Å². The Hall–Kier alpha value is -2.58. The highest BCUT2D eigenvalue weighted by atomic mass is 19.4. The zero-order chi connectivity index (χ0) is 20.5. The Morgan fingerprint density at radius 3 is 2.43 bits per heavy atom. The van der Waals surface area contributed by atoms with Gasteiger partial charge in [-0.1, -0.05) is 18.2 Å². The van der Waals surface area contributed by atoms with Gasteiger partial charge in [-0.25, -0.2) is 0 Å². The molecule has 1 amide bonds. The highest BCUT2D eigenvalue weighted by Crippen LogP contribution is 2.37. The number of hydrogen-bond acceptors (Lipinski definition) is 4. The number of halogens is 3. The van der Waals surface area contributed by atoms with Gasteiger partial charge in [0.2, 0.25) is 0 Å². The summed E-state index contributed by atoms with van der Waals surface area (Å²) >= 11 is 0. The number of nitrogens with one attached hydrogen (secondary N) is 1.